The van der Waals surface area contributed by atoms with Crippen molar-refractivity contribution in [2.24, 2.45) is 5.73 Å². The van der Waals surface area contributed by atoms with Crippen LogP contribution in [0.5, 0.6) is 0 Å². The number of phosphoric acid groups is 1. The van der Waals surface area contributed by atoms with Crippen LogP contribution in [0.25, 0.3) is 0 Å². The number of ether oxygens (including phenoxy) is 2. The van der Waals surface area contributed by atoms with Gasteiger partial charge in [-0.15, -0.1) is 0 Å². The summed E-state index contributed by atoms with van der Waals surface area (Å²) in [5.74, 6) is -0.923. The molecule has 0 aromatic carbocycles. The summed E-state index contributed by atoms with van der Waals surface area (Å²) in [4.78, 5) is 34.6. The third-order valence-corrected chi connectivity index (χ3v) is 8.29. The van der Waals surface area contributed by atoms with Gasteiger partial charge in [0.1, 0.15) is 6.61 Å². The van der Waals surface area contributed by atoms with Crippen LogP contribution in [0, 0.1) is 0 Å². The Hall–Kier alpha value is -2.07. The lowest BCUT2D eigenvalue weighted by Crippen LogP contribution is -2.29. The molecular weight excluding hydrogens is 633 g/mol. The molecule has 0 radical (unpaired) electrons. The van der Waals surface area contributed by atoms with Gasteiger partial charge in [-0.25, -0.2) is 4.57 Å². The van der Waals surface area contributed by atoms with Crippen molar-refractivity contribution in [1.82, 2.24) is 0 Å². The normalized spacial score (nSPS) is 14.7. The molecule has 0 aromatic heterocycles. The fourth-order valence-electron chi connectivity index (χ4n) is 4.56. The Kier molecular flexibility index (Phi) is 32.0. The largest absolute Gasteiger partial charge is 0.472 e. The van der Waals surface area contributed by atoms with Crippen molar-refractivity contribution in [1.29, 1.82) is 0 Å². The Labute approximate surface area is 290 Å². The molecule has 0 heterocycles. The highest BCUT2D eigenvalue weighted by atomic mass is 31.2. The van der Waals surface area contributed by atoms with Gasteiger partial charge in [0.05, 0.1) is 19.3 Å². The zero-order chi connectivity index (χ0) is 35.6. The third-order valence-electron chi connectivity index (χ3n) is 7.30. The molecule has 4 N–H and O–H groups in total. The highest BCUT2D eigenvalue weighted by molar-refractivity contribution is 7.47. The molecule has 0 saturated carbocycles. The van der Waals surface area contributed by atoms with Crippen LogP contribution >= 0.6 is 7.82 Å². The molecule has 0 aliphatic rings. The van der Waals surface area contributed by atoms with E-state index in [1.807, 2.05) is 18.2 Å². The van der Waals surface area contributed by atoms with Crippen LogP contribution in [0.2, 0.25) is 0 Å². The number of aliphatic hydroxyl groups excluding tert-OH is 1. The Morgan fingerprint density at radius 2 is 1.40 bits per heavy atom. The van der Waals surface area contributed by atoms with Crippen LogP contribution in [0.3, 0.4) is 0 Å². The minimum absolute atomic E-state index is 0.0344. The predicted molar refractivity (Wildman–Crippen MR) is 193 cm³/mol. The van der Waals surface area contributed by atoms with E-state index in [0.29, 0.717) is 19.3 Å². The molecule has 0 saturated heterocycles. The quantitative estimate of drug-likeness (QED) is 0.0199. The van der Waals surface area contributed by atoms with E-state index in [0.717, 1.165) is 77.0 Å². The van der Waals surface area contributed by atoms with Crippen LogP contribution < -0.4 is 5.73 Å². The fourth-order valence-corrected chi connectivity index (χ4v) is 5.33. The Bertz CT molecular complexity index is 951. The maximum Gasteiger partial charge on any atom is 0.472 e. The number of hydrogen-bond donors (Lipinski definition) is 3. The summed E-state index contributed by atoms with van der Waals surface area (Å²) in [6.45, 7) is 3.40. The number of nitrogens with two attached hydrogens (primary N) is 1. The van der Waals surface area contributed by atoms with E-state index in [1.54, 1.807) is 6.08 Å². The summed E-state index contributed by atoms with van der Waals surface area (Å²) in [7, 11) is -4.40. The summed E-state index contributed by atoms with van der Waals surface area (Å²) in [5, 5.41) is 10.1. The van der Waals surface area contributed by atoms with Crippen LogP contribution in [-0.2, 0) is 32.7 Å². The number of esters is 2. The number of hydrogen-bond acceptors (Lipinski definition) is 9. The number of allylic oxidation sites excluding steroid dienone is 7. The molecule has 0 aliphatic carbocycles. The summed E-state index contributed by atoms with van der Waals surface area (Å²) in [6.07, 6.45) is 31.7. The zero-order valence-corrected chi connectivity index (χ0v) is 30.7. The van der Waals surface area contributed by atoms with Crippen molar-refractivity contribution < 1.29 is 42.7 Å². The number of carbonyl (C=O) groups is 2. The van der Waals surface area contributed by atoms with Crippen molar-refractivity contribution in [3.05, 3.63) is 48.6 Å². The highest BCUT2D eigenvalue weighted by Gasteiger charge is 2.25. The van der Waals surface area contributed by atoms with Gasteiger partial charge in [0.15, 0.2) is 6.10 Å². The van der Waals surface area contributed by atoms with Gasteiger partial charge in [0, 0.05) is 19.4 Å². The lowest BCUT2D eigenvalue weighted by atomic mass is 10.1. The van der Waals surface area contributed by atoms with Crippen molar-refractivity contribution in [3.8, 4) is 0 Å². The molecule has 278 valence electrons. The summed E-state index contributed by atoms with van der Waals surface area (Å²) < 4.78 is 32.5. The van der Waals surface area contributed by atoms with Gasteiger partial charge in [-0.2, -0.15) is 0 Å². The predicted octanol–water partition coefficient (Wildman–Crippen LogP) is 8.57. The second-order valence-corrected chi connectivity index (χ2v) is 13.4. The molecule has 0 spiro atoms. The van der Waals surface area contributed by atoms with E-state index in [9.17, 15) is 24.2 Å². The van der Waals surface area contributed by atoms with Crippen LogP contribution in [-0.4, -0.2) is 60.5 Å². The van der Waals surface area contributed by atoms with E-state index in [4.69, 9.17) is 24.3 Å². The first kappa shape index (κ1) is 45.9. The Balaban J connectivity index is 4.37. The van der Waals surface area contributed by atoms with E-state index in [1.165, 1.54) is 12.8 Å². The third kappa shape index (κ3) is 32.5. The number of aliphatic hydroxyl groups is 1. The monoisotopic (exact) mass is 699 g/mol. The minimum Gasteiger partial charge on any atom is -0.462 e. The minimum atomic E-state index is -4.40. The van der Waals surface area contributed by atoms with Gasteiger partial charge in [-0.1, -0.05) is 120 Å². The van der Waals surface area contributed by atoms with E-state index in [-0.39, 0.29) is 32.6 Å². The molecular formula is C37H66NO9P. The summed E-state index contributed by atoms with van der Waals surface area (Å²) in [5.41, 5.74) is 5.32. The average Bonchev–Trinajstić information content (AvgIpc) is 3.06. The number of unbranched alkanes of at least 4 members (excludes halogenated alkanes) is 11. The zero-order valence-electron chi connectivity index (χ0n) is 29.8. The average molecular weight is 700 g/mol. The van der Waals surface area contributed by atoms with Crippen LogP contribution in [0.4, 0.5) is 0 Å². The first-order chi connectivity index (χ1) is 23.2. The van der Waals surface area contributed by atoms with Crippen molar-refractivity contribution in [2.75, 3.05) is 26.4 Å². The van der Waals surface area contributed by atoms with E-state index >= 15 is 0 Å². The lowest BCUT2D eigenvalue weighted by Gasteiger charge is -2.19. The molecule has 0 amide bonds. The number of phosphoric ester groups is 1. The number of rotatable bonds is 33. The molecule has 3 atom stereocenters. The SMILES string of the molecule is CC/C=C/C/C=C/C=C/C(O)CCCCCCCC(=O)O[C@H](COC(=O)CCCCCCC/C=C\CCCC)COP(=O)(O)OCCN. The van der Waals surface area contributed by atoms with Gasteiger partial charge in [0.25, 0.3) is 0 Å². The first-order valence-corrected chi connectivity index (χ1v) is 19.7. The molecule has 10 nitrogen and oxygen atoms in total. The van der Waals surface area contributed by atoms with Gasteiger partial charge < -0.3 is 25.2 Å². The molecule has 0 rings (SSSR count). The van der Waals surface area contributed by atoms with Crippen LogP contribution in [0.1, 0.15) is 136 Å². The van der Waals surface area contributed by atoms with E-state index < -0.39 is 38.6 Å². The molecule has 0 aliphatic heterocycles. The summed E-state index contributed by atoms with van der Waals surface area (Å²) >= 11 is 0. The van der Waals surface area contributed by atoms with Crippen molar-refractivity contribution in [2.45, 2.75) is 148 Å². The van der Waals surface area contributed by atoms with Gasteiger partial charge >= 0.3 is 19.8 Å². The second-order valence-electron chi connectivity index (χ2n) is 11.9. The lowest BCUT2D eigenvalue weighted by molar-refractivity contribution is -0.161. The molecule has 11 heteroatoms. The maximum atomic E-state index is 12.5. The van der Waals surface area contributed by atoms with Crippen molar-refractivity contribution in [3.63, 3.8) is 0 Å². The number of carbonyl (C=O) groups excluding carboxylic acids is 2. The van der Waals surface area contributed by atoms with Crippen molar-refractivity contribution >= 4 is 19.8 Å². The maximum absolute atomic E-state index is 12.5. The van der Waals surface area contributed by atoms with Gasteiger partial charge in [-0.05, 0) is 51.4 Å². The highest BCUT2D eigenvalue weighted by Crippen LogP contribution is 2.43. The fraction of sp³-hybridized carbons (Fsp3) is 0.730. The molecule has 0 aromatic rings. The standard InChI is InChI=1S/C37H66NO9P/c1-3-5-7-9-11-12-13-14-16-20-24-28-36(40)44-32-35(33-46-48(42,43)45-31-30-38)47-37(41)29-25-21-17-19-23-27-34(39)26-22-18-15-10-8-6-4-2/h6,8-9,11,15,18,22,26,34-35,39H,3-5,7,10,12-14,16-17,19-21,23-25,27-33,38H2,1-2H3,(H,42,43)/b8-6+,11-9-,18-15+,26-22+/t34?,35-/m1/s1. The topological polar surface area (TPSA) is 155 Å². The molecule has 0 fully saturated rings. The Morgan fingerprint density at radius 1 is 0.750 bits per heavy atom. The molecule has 0 bridgehead atoms. The smallest absolute Gasteiger partial charge is 0.462 e. The first-order valence-electron chi connectivity index (χ1n) is 18.2. The van der Waals surface area contributed by atoms with Crippen LogP contribution in [0.15, 0.2) is 48.6 Å². The molecule has 2 unspecified atom stereocenters. The van der Waals surface area contributed by atoms with Gasteiger partial charge in [-0.3, -0.25) is 18.6 Å². The molecule has 48 heavy (non-hydrogen) atoms. The summed E-state index contributed by atoms with van der Waals surface area (Å²) in [6, 6.07) is 0. The van der Waals surface area contributed by atoms with E-state index in [2.05, 4.69) is 38.2 Å². The van der Waals surface area contributed by atoms with Gasteiger partial charge in [0.2, 0.25) is 0 Å². The Morgan fingerprint density at radius 3 is 2.08 bits per heavy atom. The second kappa shape index (κ2) is 33.4.